The summed E-state index contributed by atoms with van der Waals surface area (Å²) >= 11 is 0. The molecular formula is C23H23N5. The smallest absolute Gasteiger partial charge is 0.227 e. The molecule has 5 heteroatoms. The van der Waals surface area contributed by atoms with Crippen LogP contribution in [0.5, 0.6) is 0 Å². The van der Waals surface area contributed by atoms with Gasteiger partial charge < -0.3 is 10.7 Å². The molecule has 0 saturated carbocycles. The maximum atomic E-state index is 8.66. The molecule has 0 fully saturated rings. The number of nitrogens with zero attached hydrogens (tertiary/aromatic N) is 3. The minimum atomic E-state index is -0.242. The number of hydrogen-bond acceptors (Lipinski definition) is 5. The van der Waals surface area contributed by atoms with E-state index in [2.05, 4.69) is 34.3 Å². The molecular weight excluding hydrogens is 346 g/mol. The molecule has 1 aliphatic carbocycles. The van der Waals surface area contributed by atoms with E-state index in [-0.39, 0.29) is 5.92 Å². The summed E-state index contributed by atoms with van der Waals surface area (Å²) in [5, 5.41) is 11.9. The van der Waals surface area contributed by atoms with Gasteiger partial charge in [0.05, 0.1) is 17.3 Å². The van der Waals surface area contributed by atoms with Gasteiger partial charge in [0.25, 0.3) is 0 Å². The Balaban J connectivity index is 1.77. The van der Waals surface area contributed by atoms with E-state index in [1.165, 1.54) is 0 Å². The number of benzene rings is 2. The molecule has 2 aromatic carbocycles. The third-order valence-corrected chi connectivity index (χ3v) is 5.15. The minimum absolute atomic E-state index is 0.242. The van der Waals surface area contributed by atoms with E-state index < -0.39 is 0 Å². The summed E-state index contributed by atoms with van der Waals surface area (Å²) in [5.74, 6) is 0.305. The molecule has 1 aliphatic rings. The van der Waals surface area contributed by atoms with Gasteiger partial charge in [0.2, 0.25) is 5.95 Å². The van der Waals surface area contributed by atoms with Crippen molar-refractivity contribution in [3.05, 3.63) is 83.2 Å². The summed E-state index contributed by atoms with van der Waals surface area (Å²) in [6.45, 7) is 2.08. The highest BCUT2D eigenvalue weighted by Crippen LogP contribution is 2.32. The van der Waals surface area contributed by atoms with Crippen LogP contribution in [0.2, 0.25) is 0 Å². The summed E-state index contributed by atoms with van der Waals surface area (Å²) in [6, 6.07) is 18.1. The van der Waals surface area contributed by atoms with Gasteiger partial charge in [0.1, 0.15) is 0 Å². The highest BCUT2D eigenvalue weighted by atomic mass is 15.1. The number of rotatable bonds is 4. The Labute approximate surface area is 165 Å². The third kappa shape index (κ3) is 3.43. The second kappa shape index (κ2) is 7.72. The van der Waals surface area contributed by atoms with Crippen molar-refractivity contribution in [3.8, 4) is 0 Å². The van der Waals surface area contributed by atoms with Crippen LogP contribution in [0.4, 0.5) is 11.6 Å². The molecule has 0 bridgehead atoms. The van der Waals surface area contributed by atoms with Gasteiger partial charge in [-0.1, -0.05) is 42.5 Å². The number of nitrogens with one attached hydrogen (secondary N) is 2. The fraction of sp³-hybridized carbons (Fsp3) is 0.217. The Morgan fingerprint density at radius 2 is 1.82 bits per heavy atom. The highest BCUT2D eigenvalue weighted by Gasteiger charge is 2.32. The Morgan fingerprint density at radius 1 is 1.07 bits per heavy atom. The molecule has 0 spiro atoms. The van der Waals surface area contributed by atoms with E-state index in [9.17, 15) is 0 Å². The van der Waals surface area contributed by atoms with Crippen LogP contribution in [0.15, 0.2) is 65.8 Å². The SMILES string of the molecule is CN=C(c1ccccc1C)C1C(=N)CCc2cnc(Nc3ccccc3)nc21. The molecule has 0 saturated heterocycles. The van der Waals surface area contributed by atoms with Crippen LogP contribution < -0.4 is 5.32 Å². The third-order valence-electron chi connectivity index (χ3n) is 5.15. The van der Waals surface area contributed by atoms with E-state index in [4.69, 9.17) is 10.4 Å². The number of anilines is 2. The lowest BCUT2D eigenvalue weighted by Crippen LogP contribution is -2.29. The molecule has 1 atom stereocenters. The van der Waals surface area contributed by atoms with Crippen molar-refractivity contribution in [2.24, 2.45) is 4.99 Å². The van der Waals surface area contributed by atoms with E-state index in [0.29, 0.717) is 18.1 Å². The van der Waals surface area contributed by atoms with Crippen LogP contribution in [-0.4, -0.2) is 28.4 Å². The zero-order valence-corrected chi connectivity index (χ0v) is 16.1. The Kier molecular flexibility index (Phi) is 4.98. The summed E-state index contributed by atoms with van der Waals surface area (Å²) in [7, 11) is 1.80. The molecule has 0 radical (unpaired) electrons. The van der Waals surface area contributed by atoms with Crippen LogP contribution >= 0.6 is 0 Å². The minimum Gasteiger partial charge on any atom is -0.324 e. The molecule has 4 rings (SSSR count). The molecule has 1 unspecified atom stereocenters. The van der Waals surface area contributed by atoms with Crippen LogP contribution in [0.3, 0.4) is 0 Å². The van der Waals surface area contributed by atoms with Gasteiger partial charge in [0.15, 0.2) is 0 Å². The molecule has 140 valence electrons. The molecule has 3 aromatic rings. The fourth-order valence-electron chi connectivity index (χ4n) is 3.71. The number of aliphatic imine (C=N–C) groups is 1. The Morgan fingerprint density at radius 3 is 2.57 bits per heavy atom. The van der Waals surface area contributed by atoms with Gasteiger partial charge in [0, 0.05) is 24.6 Å². The van der Waals surface area contributed by atoms with E-state index in [1.54, 1.807) is 7.05 Å². The lowest BCUT2D eigenvalue weighted by atomic mass is 9.79. The first-order chi connectivity index (χ1) is 13.7. The molecule has 2 N–H and O–H groups in total. The van der Waals surface area contributed by atoms with Gasteiger partial charge in [-0.25, -0.2) is 9.97 Å². The lowest BCUT2D eigenvalue weighted by Gasteiger charge is -2.27. The van der Waals surface area contributed by atoms with Gasteiger partial charge >= 0.3 is 0 Å². The van der Waals surface area contributed by atoms with Crippen molar-refractivity contribution in [1.82, 2.24) is 9.97 Å². The fourth-order valence-corrected chi connectivity index (χ4v) is 3.71. The second-order valence-corrected chi connectivity index (χ2v) is 6.98. The lowest BCUT2D eigenvalue weighted by molar-refractivity contribution is 0.853. The topological polar surface area (TPSA) is 74.0 Å². The quantitative estimate of drug-likeness (QED) is 0.655. The van der Waals surface area contributed by atoms with Crippen LogP contribution in [0.1, 0.15) is 34.7 Å². The number of fused-ring (bicyclic) bond motifs is 1. The largest absolute Gasteiger partial charge is 0.324 e. The maximum absolute atomic E-state index is 8.66. The molecule has 28 heavy (non-hydrogen) atoms. The second-order valence-electron chi connectivity index (χ2n) is 6.98. The molecule has 1 aromatic heterocycles. The first-order valence-electron chi connectivity index (χ1n) is 9.45. The average molecular weight is 369 g/mol. The van der Waals surface area contributed by atoms with Crippen LogP contribution in [0.25, 0.3) is 0 Å². The maximum Gasteiger partial charge on any atom is 0.227 e. The van der Waals surface area contributed by atoms with E-state index in [0.717, 1.165) is 40.2 Å². The van der Waals surface area contributed by atoms with Crippen molar-refractivity contribution in [1.29, 1.82) is 5.41 Å². The first kappa shape index (κ1) is 18.0. The predicted molar refractivity (Wildman–Crippen MR) is 114 cm³/mol. The normalized spacial score (nSPS) is 16.6. The van der Waals surface area contributed by atoms with Crippen molar-refractivity contribution in [2.75, 3.05) is 12.4 Å². The number of aromatic nitrogens is 2. The molecule has 0 aliphatic heterocycles. The summed E-state index contributed by atoms with van der Waals surface area (Å²) in [4.78, 5) is 13.9. The number of aryl methyl sites for hydroxylation is 2. The summed E-state index contributed by atoms with van der Waals surface area (Å²) in [5.41, 5.74) is 6.69. The summed E-state index contributed by atoms with van der Waals surface area (Å²) in [6.07, 6.45) is 3.39. The summed E-state index contributed by atoms with van der Waals surface area (Å²) < 4.78 is 0. The monoisotopic (exact) mass is 369 g/mol. The van der Waals surface area contributed by atoms with Crippen molar-refractivity contribution in [2.45, 2.75) is 25.7 Å². The number of hydrogen-bond donors (Lipinski definition) is 2. The van der Waals surface area contributed by atoms with Gasteiger partial charge in [-0.3, -0.25) is 4.99 Å². The Bertz CT molecular complexity index is 1040. The number of para-hydroxylation sites is 1. The van der Waals surface area contributed by atoms with Crippen LogP contribution in [-0.2, 0) is 6.42 Å². The van der Waals surface area contributed by atoms with Crippen molar-refractivity contribution < 1.29 is 0 Å². The van der Waals surface area contributed by atoms with Gasteiger partial charge in [-0.05, 0) is 48.6 Å². The standard InChI is InChI=1S/C23H23N5/c1-15-8-6-7-11-18(15)22(25-2)20-19(24)13-12-16-14-26-23(28-21(16)20)27-17-9-4-3-5-10-17/h3-11,14,20,24H,12-13H2,1-2H3,(H,26,27,28). The molecule has 1 heterocycles. The van der Waals surface area contributed by atoms with Gasteiger partial charge in [-0.15, -0.1) is 0 Å². The first-order valence-corrected chi connectivity index (χ1v) is 9.45. The highest BCUT2D eigenvalue weighted by molar-refractivity contribution is 6.19. The molecule has 5 nitrogen and oxygen atoms in total. The zero-order valence-electron chi connectivity index (χ0n) is 16.1. The van der Waals surface area contributed by atoms with Crippen LogP contribution in [0, 0.1) is 12.3 Å². The van der Waals surface area contributed by atoms with Crippen molar-refractivity contribution in [3.63, 3.8) is 0 Å². The zero-order chi connectivity index (χ0) is 19.5. The molecule has 0 amide bonds. The van der Waals surface area contributed by atoms with Crippen molar-refractivity contribution >= 4 is 23.1 Å². The van der Waals surface area contributed by atoms with Gasteiger partial charge in [-0.2, -0.15) is 0 Å². The average Bonchev–Trinajstić information content (AvgIpc) is 2.72. The van der Waals surface area contributed by atoms with E-state index in [1.807, 2.05) is 48.7 Å². The predicted octanol–water partition coefficient (Wildman–Crippen LogP) is 4.70. The Hall–Kier alpha value is -3.34. The van der Waals surface area contributed by atoms with E-state index >= 15 is 0 Å².